The average Bonchev–Trinajstić information content (AvgIpc) is 2.58. The van der Waals surface area contributed by atoms with E-state index < -0.39 is 30.0 Å². The van der Waals surface area contributed by atoms with Gasteiger partial charge in [-0.05, 0) is 35.0 Å². The van der Waals surface area contributed by atoms with Gasteiger partial charge in [-0.3, -0.25) is 9.59 Å². The van der Waals surface area contributed by atoms with Crippen molar-refractivity contribution in [3.8, 4) is 0 Å². The molecular formula is C17H21N3O4. The molecule has 0 aliphatic heterocycles. The summed E-state index contributed by atoms with van der Waals surface area (Å²) in [5, 5.41) is 22.1. The first kappa shape index (κ1) is 18.1. The lowest BCUT2D eigenvalue weighted by Gasteiger charge is -2.41. The average molecular weight is 331 g/mol. The van der Waals surface area contributed by atoms with Crippen LogP contribution < -0.4 is 0 Å². The van der Waals surface area contributed by atoms with Crippen LogP contribution in [0.5, 0.6) is 0 Å². The first-order chi connectivity index (χ1) is 11.4. The topological polar surface area (TPSA) is 123 Å². The summed E-state index contributed by atoms with van der Waals surface area (Å²) in [6.45, 7) is 1.31. The Morgan fingerprint density at radius 2 is 2.12 bits per heavy atom. The molecule has 1 aromatic carbocycles. The molecule has 0 aromatic heterocycles. The first-order valence-electron chi connectivity index (χ1n) is 7.90. The molecule has 128 valence electrons. The lowest BCUT2D eigenvalue weighted by atomic mass is 9.61. The summed E-state index contributed by atoms with van der Waals surface area (Å²) in [5.74, 6) is -2.02. The molecular weight excluding hydrogens is 310 g/mol. The number of benzene rings is 1. The highest BCUT2D eigenvalue weighted by Gasteiger charge is 2.48. The van der Waals surface area contributed by atoms with Crippen LogP contribution in [-0.4, -0.2) is 34.6 Å². The summed E-state index contributed by atoms with van der Waals surface area (Å²) in [4.78, 5) is 27.8. The van der Waals surface area contributed by atoms with Crippen molar-refractivity contribution in [2.45, 2.75) is 38.2 Å². The van der Waals surface area contributed by atoms with E-state index in [9.17, 15) is 14.7 Å². The number of rotatable bonds is 5. The molecule has 7 heteroatoms. The zero-order valence-corrected chi connectivity index (χ0v) is 13.5. The number of carbonyl (C=O) groups excluding carboxylic acids is 2. The minimum Gasteiger partial charge on any atom is -0.394 e. The molecule has 0 radical (unpaired) electrons. The Bertz CT molecular complexity index is 657. The highest BCUT2D eigenvalue weighted by atomic mass is 16.3. The Labute approximate surface area is 139 Å². The summed E-state index contributed by atoms with van der Waals surface area (Å²) < 4.78 is 0. The van der Waals surface area contributed by atoms with Gasteiger partial charge < -0.3 is 10.2 Å². The van der Waals surface area contributed by atoms with Gasteiger partial charge in [-0.2, -0.15) is 0 Å². The molecule has 7 nitrogen and oxygen atoms in total. The van der Waals surface area contributed by atoms with Gasteiger partial charge in [-0.25, -0.2) is 0 Å². The number of Topliss-reactive ketones (excluding diaryl/α,β-unsaturated/α-hetero) is 1. The van der Waals surface area contributed by atoms with Crippen LogP contribution in [0, 0.1) is 11.3 Å². The fourth-order valence-corrected chi connectivity index (χ4v) is 3.51. The molecule has 0 heterocycles. The Hall–Kier alpha value is -2.21. The van der Waals surface area contributed by atoms with Crippen LogP contribution in [0.4, 0.5) is 0 Å². The zero-order chi connectivity index (χ0) is 17.7. The largest absolute Gasteiger partial charge is 0.394 e. The smallest absolute Gasteiger partial charge is 0.227 e. The van der Waals surface area contributed by atoms with Crippen molar-refractivity contribution in [2.75, 3.05) is 6.61 Å². The normalized spacial score (nSPS) is 26.3. The van der Waals surface area contributed by atoms with Crippen LogP contribution in [0.1, 0.15) is 37.7 Å². The van der Waals surface area contributed by atoms with E-state index in [-0.39, 0.29) is 18.1 Å². The molecule has 1 amide bonds. The summed E-state index contributed by atoms with van der Waals surface area (Å²) >= 11 is 0. The van der Waals surface area contributed by atoms with E-state index in [2.05, 4.69) is 10.0 Å². The van der Waals surface area contributed by atoms with Gasteiger partial charge in [0.15, 0.2) is 0 Å². The second-order valence-corrected chi connectivity index (χ2v) is 6.46. The molecule has 0 bridgehead atoms. The third-order valence-corrected chi connectivity index (χ3v) is 5.01. The molecule has 4 unspecified atom stereocenters. The molecule has 0 saturated heterocycles. The number of nitrogens with zero attached hydrogens (tertiary/aromatic N) is 3. The monoisotopic (exact) mass is 331 g/mol. The molecule has 1 aliphatic rings. The zero-order valence-electron chi connectivity index (χ0n) is 13.5. The predicted molar refractivity (Wildman–Crippen MR) is 86.9 cm³/mol. The van der Waals surface area contributed by atoms with E-state index in [1.54, 1.807) is 37.3 Å². The van der Waals surface area contributed by atoms with Gasteiger partial charge in [0.25, 0.3) is 0 Å². The maximum atomic E-state index is 12.8. The van der Waals surface area contributed by atoms with E-state index in [1.165, 1.54) is 0 Å². The van der Waals surface area contributed by atoms with Crippen molar-refractivity contribution in [1.82, 2.24) is 0 Å². The van der Waals surface area contributed by atoms with E-state index in [1.807, 2.05) is 0 Å². The molecule has 1 saturated carbocycles. The van der Waals surface area contributed by atoms with Crippen LogP contribution in [0.2, 0.25) is 0 Å². The van der Waals surface area contributed by atoms with E-state index in [0.717, 1.165) is 0 Å². The second kappa shape index (κ2) is 7.57. The van der Waals surface area contributed by atoms with Gasteiger partial charge in [0.2, 0.25) is 5.91 Å². The second-order valence-electron chi connectivity index (χ2n) is 6.46. The van der Waals surface area contributed by atoms with Crippen LogP contribution in [-0.2, 0) is 9.59 Å². The molecule has 2 rings (SSSR count). The van der Waals surface area contributed by atoms with E-state index in [0.29, 0.717) is 18.4 Å². The van der Waals surface area contributed by atoms with Gasteiger partial charge in [0.05, 0.1) is 18.6 Å². The minimum absolute atomic E-state index is 0.0884. The summed E-state index contributed by atoms with van der Waals surface area (Å²) in [6, 6.07) is 8.81. The summed E-state index contributed by atoms with van der Waals surface area (Å²) in [5.41, 5.74) is 8.25. The van der Waals surface area contributed by atoms with Crippen molar-refractivity contribution >= 4 is 11.7 Å². The molecule has 1 aliphatic carbocycles. The fourth-order valence-electron chi connectivity index (χ4n) is 3.51. The number of aliphatic hydroxyl groups excluding tert-OH is 2. The van der Waals surface area contributed by atoms with Crippen LogP contribution >= 0.6 is 0 Å². The number of carbonyl (C=O) groups is 2. The van der Waals surface area contributed by atoms with Crippen molar-refractivity contribution < 1.29 is 19.8 Å². The van der Waals surface area contributed by atoms with Crippen LogP contribution in [0.3, 0.4) is 0 Å². The Morgan fingerprint density at radius 1 is 1.46 bits per heavy atom. The first-order valence-corrected chi connectivity index (χ1v) is 7.90. The molecule has 4 atom stereocenters. The summed E-state index contributed by atoms with van der Waals surface area (Å²) in [7, 11) is 0. The number of amides is 1. The predicted octanol–water partition coefficient (Wildman–Crippen LogP) is 2.34. The fraction of sp³-hybridized carbons (Fsp3) is 0.529. The van der Waals surface area contributed by atoms with Crippen LogP contribution in [0.25, 0.3) is 10.4 Å². The highest BCUT2D eigenvalue weighted by molar-refractivity contribution is 5.95. The third-order valence-electron chi connectivity index (χ3n) is 5.01. The van der Waals surface area contributed by atoms with Gasteiger partial charge in [0, 0.05) is 16.7 Å². The maximum absolute atomic E-state index is 12.8. The number of hydrogen-bond acceptors (Lipinski definition) is 4. The quantitative estimate of drug-likeness (QED) is 0.488. The molecule has 2 N–H and O–H groups in total. The highest BCUT2D eigenvalue weighted by Crippen LogP contribution is 2.47. The van der Waals surface area contributed by atoms with Gasteiger partial charge in [-0.15, -0.1) is 0 Å². The Kier molecular flexibility index (Phi) is 5.72. The Morgan fingerprint density at radius 3 is 2.67 bits per heavy atom. The summed E-state index contributed by atoms with van der Waals surface area (Å²) in [6.07, 6.45) is 0.0309. The van der Waals surface area contributed by atoms with E-state index >= 15 is 0 Å². The lowest BCUT2D eigenvalue weighted by molar-refractivity contribution is -0.140. The molecule has 1 fully saturated rings. The SMILES string of the molecule is CC1(C(C(=O)N=[N+]=[N-])c2ccccc2)CCC(C(O)CO)CC1=O. The van der Waals surface area contributed by atoms with Gasteiger partial charge >= 0.3 is 0 Å². The maximum Gasteiger partial charge on any atom is 0.227 e. The standard InChI is InChI=1S/C17H21N3O4/c1-17(8-7-12(9-14(17)23)13(22)10-21)15(16(24)19-20-18)11-5-3-2-4-6-11/h2-6,12-13,15,21-22H,7-10H2,1H3. The Balaban J connectivity index is 2.37. The number of hydrogen-bond donors (Lipinski definition) is 2. The minimum atomic E-state index is -1.00. The number of azide groups is 1. The van der Waals surface area contributed by atoms with E-state index in [4.69, 9.17) is 10.6 Å². The third kappa shape index (κ3) is 3.48. The van der Waals surface area contributed by atoms with Crippen molar-refractivity contribution in [3.05, 3.63) is 46.3 Å². The molecule has 1 aromatic rings. The van der Waals surface area contributed by atoms with Gasteiger partial charge in [0.1, 0.15) is 5.78 Å². The molecule has 0 spiro atoms. The van der Waals surface area contributed by atoms with Gasteiger partial charge in [-0.1, -0.05) is 37.3 Å². The van der Waals surface area contributed by atoms with Crippen LogP contribution in [0.15, 0.2) is 35.4 Å². The lowest BCUT2D eigenvalue weighted by Crippen LogP contribution is -2.44. The number of ketones is 1. The number of aliphatic hydroxyl groups is 2. The molecule has 24 heavy (non-hydrogen) atoms. The van der Waals surface area contributed by atoms with Crippen molar-refractivity contribution in [2.24, 2.45) is 16.4 Å². The van der Waals surface area contributed by atoms with Crippen molar-refractivity contribution in [3.63, 3.8) is 0 Å². The van der Waals surface area contributed by atoms with Crippen molar-refractivity contribution in [1.29, 1.82) is 0 Å².